The Balaban J connectivity index is 1.51. The van der Waals surface area contributed by atoms with Gasteiger partial charge >= 0.3 is 0 Å². The number of phenols is 1. The lowest BCUT2D eigenvalue weighted by Gasteiger charge is -2.27. The number of benzene rings is 3. The maximum atomic E-state index is 13.3. The molecule has 1 heterocycles. The predicted octanol–water partition coefficient (Wildman–Crippen LogP) is 4.64. The lowest BCUT2D eigenvalue weighted by molar-refractivity contribution is -0.188. The molecule has 0 spiro atoms. The van der Waals surface area contributed by atoms with Crippen molar-refractivity contribution in [3.05, 3.63) is 66.7 Å². The van der Waals surface area contributed by atoms with Crippen LogP contribution in [0.1, 0.15) is 19.3 Å². The molecular formula is C24H26O5S. The quantitative estimate of drug-likeness (QED) is 0.568. The second-order valence-corrected chi connectivity index (χ2v) is 8.78. The molecule has 3 atom stereocenters. The Morgan fingerprint density at radius 1 is 1.00 bits per heavy atom. The van der Waals surface area contributed by atoms with Crippen LogP contribution in [0.2, 0.25) is 0 Å². The number of rotatable bonds is 8. The van der Waals surface area contributed by atoms with E-state index in [0.717, 1.165) is 30.4 Å². The van der Waals surface area contributed by atoms with Crippen molar-refractivity contribution >= 4 is 21.6 Å². The molecule has 4 rings (SSSR count). The van der Waals surface area contributed by atoms with Crippen LogP contribution in [0.3, 0.4) is 0 Å². The van der Waals surface area contributed by atoms with Crippen molar-refractivity contribution < 1.29 is 23.5 Å². The highest BCUT2D eigenvalue weighted by atomic mass is 32.2. The van der Waals surface area contributed by atoms with Crippen molar-refractivity contribution in [2.75, 3.05) is 19.0 Å². The predicted molar refractivity (Wildman–Crippen MR) is 117 cm³/mol. The van der Waals surface area contributed by atoms with Gasteiger partial charge in [-0.15, -0.1) is 0 Å². The Hall–Kier alpha value is -2.41. The SMILES string of the molecule is O=S(CC(COc1ccccc1)OC1CCCCO1)c1cccc2c(O)cccc12. The molecule has 0 bridgehead atoms. The van der Waals surface area contributed by atoms with Gasteiger partial charge in [0.2, 0.25) is 0 Å². The molecule has 1 N–H and O–H groups in total. The molecule has 158 valence electrons. The van der Waals surface area contributed by atoms with Gasteiger partial charge in [0.1, 0.15) is 24.2 Å². The average molecular weight is 427 g/mol. The molecule has 1 aliphatic heterocycles. The van der Waals surface area contributed by atoms with Crippen LogP contribution in [0.5, 0.6) is 11.5 Å². The van der Waals surface area contributed by atoms with Gasteiger partial charge in [-0.2, -0.15) is 0 Å². The molecule has 30 heavy (non-hydrogen) atoms. The summed E-state index contributed by atoms with van der Waals surface area (Å²) in [5, 5.41) is 11.6. The Morgan fingerprint density at radius 3 is 2.60 bits per heavy atom. The minimum absolute atomic E-state index is 0.183. The summed E-state index contributed by atoms with van der Waals surface area (Å²) in [6, 6.07) is 20.3. The maximum Gasteiger partial charge on any atom is 0.158 e. The van der Waals surface area contributed by atoms with E-state index in [4.69, 9.17) is 14.2 Å². The summed E-state index contributed by atoms with van der Waals surface area (Å²) >= 11 is 0. The first-order valence-corrected chi connectivity index (χ1v) is 11.6. The van der Waals surface area contributed by atoms with Gasteiger partial charge in [-0.25, -0.2) is 0 Å². The topological polar surface area (TPSA) is 65.0 Å². The Morgan fingerprint density at radius 2 is 1.80 bits per heavy atom. The van der Waals surface area contributed by atoms with Crippen LogP contribution < -0.4 is 4.74 Å². The molecule has 6 heteroatoms. The number of fused-ring (bicyclic) bond motifs is 1. The smallest absolute Gasteiger partial charge is 0.158 e. The molecule has 3 aromatic rings. The van der Waals surface area contributed by atoms with Crippen molar-refractivity contribution in [2.45, 2.75) is 36.6 Å². The van der Waals surface area contributed by atoms with Gasteiger partial charge in [0.05, 0.1) is 16.6 Å². The van der Waals surface area contributed by atoms with Gasteiger partial charge < -0.3 is 19.3 Å². The zero-order valence-electron chi connectivity index (χ0n) is 16.7. The van der Waals surface area contributed by atoms with E-state index in [-0.39, 0.29) is 30.5 Å². The summed E-state index contributed by atoms with van der Waals surface area (Å²) in [6.07, 6.45) is 2.24. The summed E-state index contributed by atoms with van der Waals surface area (Å²) in [5.41, 5.74) is 0. The first-order chi connectivity index (χ1) is 14.7. The zero-order chi connectivity index (χ0) is 20.8. The summed E-state index contributed by atoms with van der Waals surface area (Å²) in [5.74, 6) is 1.21. The molecule has 1 fully saturated rings. The van der Waals surface area contributed by atoms with Crippen molar-refractivity contribution in [1.29, 1.82) is 0 Å². The molecule has 0 amide bonds. The number of aromatic hydroxyl groups is 1. The van der Waals surface area contributed by atoms with Gasteiger partial charge in [0, 0.05) is 22.3 Å². The number of hydrogen-bond donors (Lipinski definition) is 1. The van der Waals surface area contributed by atoms with Crippen LogP contribution in [0, 0.1) is 0 Å². The number of phenolic OH excluding ortho intramolecular Hbond substituents is 1. The van der Waals surface area contributed by atoms with E-state index < -0.39 is 10.8 Å². The fourth-order valence-corrected chi connectivity index (χ4v) is 4.93. The minimum atomic E-state index is -1.33. The highest BCUT2D eigenvalue weighted by molar-refractivity contribution is 7.85. The third-order valence-corrected chi connectivity index (χ3v) is 6.62. The fraction of sp³-hybridized carbons (Fsp3) is 0.333. The van der Waals surface area contributed by atoms with E-state index in [1.54, 1.807) is 12.1 Å². The third kappa shape index (κ3) is 5.19. The summed E-state index contributed by atoms with van der Waals surface area (Å²) < 4.78 is 31.1. The van der Waals surface area contributed by atoms with E-state index in [9.17, 15) is 9.32 Å². The molecule has 5 nitrogen and oxygen atoms in total. The number of ether oxygens (including phenoxy) is 3. The average Bonchev–Trinajstić information content (AvgIpc) is 2.79. The normalized spacial score (nSPS) is 18.7. The Kier molecular flexibility index (Phi) is 7.00. The fourth-order valence-electron chi connectivity index (χ4n) is 3.59. The second kappa shape index (κ2) is 10.1. The lowest BCUT2D eigenvalue weighted by atomic mass is 10.1. The van der Waals surface area contributed by atoms with Gasteiger partial charge in [-0.1, -0.05) is 42.5 Å². The largest absolute Gasteiger partial charge is 0.507 e. The molecule has 1 saturated heterocycles. The molecular weight excluding hydrogens is 400 g/mol. The molecule has 0 saturated carbocycles. The van der Waals surface area contributed by atoms with E-state index in [1.807, 2.05) is 54.6 Å². The first kappa shape index (κ1) is 20.8. The number of hydrogen-bond acceptors (Lipinski definition) is 5. The first-order valence-electron chi connectivity index (χ1n) is 10.2. The third-order valence-electron chi connectivity index (χ3n) is 5.10. The van der Waals surface area contributed by atoms with Gasteiger partial charge in [0.15, 0.2) is 6.29 Å². The monoisotopic (exact) mass is 426 g/mol. The van der Waals surface area contributed by atoms with Crippen LogP contribution in [0.15, 0.2) is 71.6 Å². The summed E-state index contributed by atoms with van der Waals surface area (Å²) in [4.78, 5) is 0.682. The zero-order valence-corrected chi connectivity index (χ0v) is 17.6. The Labute approximate surface area is 179 Å². The summed E-state index contributed by atoms with van der Waals surface area (Å²) in [7, 11) is -1.33. The maximum absolute atomic E-state index is 13.3. The highest BCUT2D eigenvalue weighted by Gasteiger charge is 2.24. The van der Waals surface area contributed by atoms with Crippen LogP contribution >= 0.6 is 0 Å². The van der Waals surface area contributed by atoms with Crippen LogP contribution in [-0.2, 0) is 20.3 Å². The van der Waals surface area contributed by atoms with Crippen LogP contribution in [0.25, 0.3) is 10.8 Å². The van der Waals surface area contributed by atoms with E-state index >= 15 is 0 Å². The molecule has 0 aliphatic carbocycles. The Bertz CT molecular complexity index is 985. The van der Waals surface area contributed by atoms with E-state index in [2.05, 4.69) is 0 Å². The second-order valence-electron chi connectivity index (χ2n) is 7.32. The highest BCUT2D eigenvalue weighted by Crippen LogP contribution is 2.29. The lowest BCUT2D eigenvalue weighted by Crippen LogP contribution is -2.35. The molecule has 0 radical (unpaired) electrons. The molecule has 3 aromatic carbocycles. The standard InChI is InChI=1S/C24H26O5S/c25-22-12-6-11-21-20(22)10-7-13-23(21)30(26)17-19(29-24-14-4-5-15-27-24)16-28-18-8-2-1-3-9-18/h1-3,6-13,19,24-25H,4-5,14-17H2. The number of para-hydroxylation sites is 1. The van der Waals surface area contributed by atoms with E-state index in [1.165, 1.54) is 0 Å². The van der Waals surface area contributed by atoms with Crippen molar-refractivity contribution in [1.82, 2.24) is 0 Å². The molecule has 1 aliphatic rings. The van der Waals surface area contributed by atoms with Crippen molar-refractivity contribution in [3.8, 4) is 11.5 Å². The molecule has 0 aromatic heterocycles. The van der Waals surface area contributed by atoms with Gasteiger partial charge in [-0.05, 0) is 43.5 Å². The van der Waals surface area contributed by atoms with Crippen LogP contribution in [0.4, 0.5) is 0 Å². The molecule has 3 unspecified atom stereocenters. The van der Waals surface area contributed by atoms with Gasteiger partial charge in [-0.3, -0.25) is 4.21 Å². The summed E-state index contributed by atoms with van der Waals surface area (Å²) in [6.45, 7) is 0.967. The van der Waals surface area contributed by atoms with Crippen molar-refractivity contribution in [2.24, 2.45) is 0 Å². The minimum Gasteiger partial charge on any atom is -0.507 e. The van der Waals surface area contributed by atoms with Crippen LogP contribution in [-0.4, -0.2) is 40.7 Å². The van der Waals surface area contributed by atoms with Crippen molar-refractivity contribution in [3.63, 3.8) is 0 Å². The van der Waals surface area contributed by atoms with E-state index in [0.29, 0.717) is 16.9 Å². The van der Waals surface area contributed by atoms with Gasteiger partial charge in [0.25, 0.3) is 0 Å².